The van der Waals surface area contributed by atoms with E-state index in [9.17, 15) is 8.42 Å². The Morgan fingerprint density at radius 3 is 2.80 bits per heavy atom. The molecule has 0 radical (unpaired) electrons. The molecule has 0 saturated heterocycles. The molecule has 0 fully saturated rings. The first-order chi connectivity index (χ1) is 9.53. The van der Waals surface area contributed by atoms with Gasteiger partial charge in [-0.3, -0.25) is 0 Å². The van der Waals surface area contributed by atoms with Crippen molar-refractivity contribution >= 4 is 10.0 Å². The maximum atomic E-state index is 12.3. The number of sulfonamides is 1. The Morgan fingerprint density at radius 2 is 2.20 bits per heavy atom. The SMILES string of the molecule is COc1ccc(S(=O)(=O)NCC2=CCNCC2)c(C)c1. The Balaban J connectivity index is 2.11. The third-order valence-electron chi connectivity index (χ3n) is 3.32. The predicted molar refractivity (Wildman–Crippen MR) is 78.5 cm³/mol. The Bertz CT molecular complexity index is 609. The molecule has 0 amide bonds. The van der Waals surface area contributed by atoms with E-state index in [2.05, 4.69) is 10.0 Å². The molecule has 0 atom stereocenters. The zero-order valence-corrected chi connectivity index (χ0v) is 12.6. The highest BCUT2D eigenvalue weighted by molar-refractivity contribution is 7.89. The molecule has 1 heterocycles. The minimum absolute atomic E-state index is 0.299. The first-order valence-electron chi connectivity index (χ1n) is 6.56. The van der Waals surface area contributed by atoms with Crippen molar-refractivity contribution < 1.29 is 13.2 Å². The molecule has 0 bridgehead atoms. The van der Waals surface area contributed by atoms with Gasteiger partial charge in [0.15, 0.2) is 0 Å². The van der Waals surface area contributed by atoms with Gasteiger partial charge in [-0.25, -0.2) is 13.1 Å². The Hall–Kier alpha value is -1.37. The first kappa shape index (κ1) is 15.0. The lowest BCUT2D eigenvalue weighted by Gasteiger charge is -2.15. The highest BCUT2D eigenvalue weighted by atomic mass is 32.2. The van der Waals surface area contributed by atoms with Crippen LogP contribution in [-0.4, -0.2) is 35.2 Å². The van der Waals surface area contributed by atoms with Crippen LogP contribution in [0.25, 0.3) is 0 Å². The molecule has 0 spiro atoms. The number of benzene rings is 1. The van der Waals surface area contributed by atoms with Gasteiger partial charge in [-0.15, -0.1) is 0 Å². The van der Waals surface area contributed by atoms with Gasteiger partial charge in [-0.2, -0.15) is 0 Å². The van der Waals surface area contributed by atoms with Crippen molar-refractivity contribution in [3.8, 4) is 5.75 Å². The van der Waals surface area contributed by atoms with Crippen LogP contribution in [0.5, 0.6) is 5.75 Å². The molecule has 1 aliphatic rings. The van der Waals surface area contributed by atoms with E-state index in [1.807, 2.05) is 6.08 Å². The van der Waals surface area contributed by atoms with Crippen LogP contribution in [0.4, 0.5) is 0 Å². The summed E-state index contributed by atoms with van der Waals surface area (Å²) >= 11 is 0. The monoisotopic (exact) mass is 296 g/mol. The molecule has 0 aliphatic carbocycles. The van der Waals surface area contributed by atoms with Gasteiger partial charge in [-0.1, -0.05) is 11.6 Å². The van der Waals surface area contributed by atoms with Gasteiger partial charge in [-0.05, 0) is 43.7 Å². The maximum absolute atomic E-state index is 12.3. The van der Waals surface area contributed by atoms with E-state index < -0.39 is 10.0 Å². The number of hydrogen-bond donors (Lipinski definition) is 2. The first-order valence-corrected chi connectivity index (χ1v) is 8.04. The summed E-state index contributed by atoms with van der Waals surface area (Å²) in [5, 5.41) is 3.20. The van der Waals surface area contributed by atoms with Gasteiger partial charge in [0.25, 0.3) is 0 Å². The van der Waals surface area contributed by atoms with Crippen molar-refractivity contribution in [2.75, 3.05) is 26.7 Å². The van der Waals surface area contributed by atoms with E-state index in [1.165, 1.54) is 0 Å². The van der Waals surface area contributed by atoms with E-state index in [-0.39, 0.29) is 0 Å². The van der Waals surface area contributed by atoms with Crippen molar-refractivity contribution in [3.63, 3.8) is 0 Å². The molecule has 1 aliphatic heterocycles. The summed E-state index contributed by atoms with van der Waals surface area (Å²) in [7, 11) is -1.92. The van der Waals surface area contributed by atoms with Gasteiger partial charge >= 0.3 is 0 Å². The number of hydrogen-bond acceptors (Lipinski definition) is 4. The van der Waals surface area contributed by atoms with Crippen molar-refractivity contribution in [2.24, 2.45) is 0 Å². The van der Waals surface area contributed by atoms with E-state index in [0.717, 1.165) is 25.1 Å². The minimum atomic E-state index is -3.48. The van der Waals surface area contributed by atoms with Gasteiger partial charge < -0.3 is 10.1 Å². The molecule has 1 aromatic carbocycles. The molecular weight excluding hydrogens is 276 g/mol. The summed E-state index contributed by atoms with van der Waals surface area (Å²) < 4.78 is 32.3. The van der Waals surface area contributed by atoms with Crippen LogP contribution in [0.1, 0.15) is 12.0 Å². The molecule has 0 saturated carbocycles. The van der Waals surface area contributed by atoms with Gasteiger partial charge in [0, 0.05) is 13.1 Å². The summed E-state index contributed by atoms with van der Waals surface area (Å²) in [6.07, 6.45) is 2.91. The molecule has 0 unspecified atom stereocenters. The Labute approximate surface area is 120 Å². The summed E-state index contributed by atoms with van der Waals surface area (Å²) in [6.45, 7) is 3.84. The van der Waals surface area contributed by atoms with Crippen molar-refractivity contribution in [1.82, 2.24) is 10.0 Å². The second kappa shape index (κ2) is 6.39. The smallest absolute Gasteiger partial charge is 0.241 e. The zero-order chi connectivity index (χ0) is 14.6. The van der Waals surface area contributed by atoms with Crippen LogP contribution in [0.2, 0.25) is 0 Å². The van der Waals surface area contributed by atoms with E-state index >= 15 is 0 Å². The topological polar surface area (TPSA) is 67.4 Å². The third kappa shape index (κ3) is 3.59. The molecule has 20 heavy (non-hydrogen) atoms. The molecular formula is C14H20N2O3S. The fourth-order valence-corrected chi connectivity index (χ4v) is 3.41. The van der Waals surface area contributed by atoms with Crippen LogP contribution in [-0.2, 0) is 10.0 Å². The Morgan fingerprint density at radius 1 is 1.40 bits per heavy atom. The maximum Gasteiger partial charge on any atom is 0.241 e. The number of ether oxygens (including phenoxy) is 1. The zero-order valence-electron chi connectivity index (χ0n) is 11.8. The van der Waals surface area contributed by atoms with Gasteiger partial charge in [0.05, 0.1) is 12.0 Å². The van der Waals surface area contributed by atoms with Gasteiger partial charge in [0.1, 0.15) is 5.75 Å². The van der Waals surface area contributed by atoms with Crippen LogP contribution >= 0.6 is 0 Å². The average Bonchev–Trinajstić information content (AvgIpc) is 2.46. The van der Waals surface area contributed by atoms with Crippen LogP contribution in [0, 0.1) is 6.92 Å². The Kier molecular flexibility index (Phi) is 4.80. The number of rotatable bonds is 5. The molecule has 2 N–H and O–H groups in total. The van der Waals surface area contributed by atoms with E-state index in [0.29, 0.717) is 22.8 Å². The summed E-state index contributed by atoms with van der Waals surface area (Å²) in [4.78, 5) is 0.299. The highest BCUT2D eigenvalue weighted by Gasteiger charge is 2.17. The number of methoxy groups -OCH3 is 1. The second-order valence-corrected chi connectivity index (χ2v) is 6.51. The fraction of sp³-hybridized carbons (Fsp3) is 0.429. The van der Waals surface area contributed by atoms with Crippen molar-refractivity contribution in [2.45, 2.75) is 18.2 Å². The van der Waals surface area contributed by atoms with E-state index in [4.69, 9.17) is 4.74 Å². The third-order valence-corrected chi connectivity index (χ3v) is 4.88. The molecule has 2 rings (SSSR count). The quantitative estimate of drug-likeness (QED) is 0.801. The highest BCUT2D eigenvalue weighted by Crippen LogP contribution is 2.21. The van der Waals surface area contributed by atoms with Gasteiger partial charge in [0.2, 0.25) is 10.0 Å². The lowest BCUT2D eigenvalue weighted by atomic mass is 10.1. The number of nitrogens with one attached hydrogen (secondary N) is 2. The summed E-state index contributed by atoms with van der Waals surface area (Å²) in [5.41, 5.74) is 1.80. The predicted octanol–water partition coefficient (Wildman–Crippen LogP) is 1.20. The number of aryl methyl sites for hydroxylation is 1. The molecule has 0 aromatic heterocycles. The van der Waals surface area contributed by atoms with Crippen LogP contribution in [0.15, 0.2) is 34.7 Å². The molecule has 110 valence electrons. The average molecular weight is 296 g/mol. The normalized spacial score (nSPS) is 15.8. The largest absolute Gasteiger partial charge is 0.497 e. The molecule has 5 nitrogen and oxygen atoms in total. The van der Waals surface area contributed by atoms with Crippen LogP contribution in [0.3, 0.4) is 0 Å². The van der Waals surface area contributed by atoms with E-state index in [1.54, 1.807) is 32.2 Å². The van der Waals surface area contributed by atoms with Crippen molar-refractivity contribution in [1.29, 1.82) is 0 Å². The lowest BCUT2D eigenvalue weighted by molar-refractivity contribution is 0.414. The lowest BCUT2D eigenvalue weighted by Crippen LogP contribution is -2.30. The second-order valence-electron chi connectivity index (χ2n) is 4.77. The minimum Gasteiger partial charge on any atom is -0.497 e. The summed E-state index contributed by atoms with van der Waals surface area (Å²) in [6, 6.07) is 4.96. The molecule has 6 heteroatoms. The fourth-order valence-electron chi connectivity index (χ4n) is 2.15. The van der Waals surface area contributed by atoms with Crippen LogP contribution < -0.4 is 14.8 Å². The molecule has 1 aromatic rings. The summed E-state index contributed by atoms with van der Waals surface area (Å²) in [5.74, 6) is 0.655. The standard InChI is InChI=1S/C14H20N2O3S/c1-11-9-13(19-2)3-4-14(11)20(17,18)16-10-12-5-7-15-8-6-12/h3-5,9,15-16H,6-8,10H2,1-2H3. The van der Waals surface area contributed by atoms with Crippen molar-refractivity contribution in [3.05, 3.63) is 35.4 Å².